The van der Waals surface area contributed by atoms with Gasteiger partial charge in [-0.15, -0.1) is 0 Å². The Labute approximate surface area is 212 Å². The molecule has 1 aromatic carbocycles. The van der Waals surface area contributed by atoms with Gasteiger partial charge in [-0.2, -0.15) is 5.26 Å². The van der Waals surface area contributed by atoms with Crippen molar-refractivity contribution in [2.24, 2.45) is 5.84 Å². The van der Waals surface area contributed by atoms with E-state index in [9.17, 15) is 14.4 Å². The summed E-state index contributed by atoms with van der Waals surface area (Å²) in [4.78, 5) is 24.2. The first-order valence-electron chi connectivity index (χ1n) is 12.0. The first-order valence-corrected chi connectivity index (χ1v) is 12.0. The molecule has 1 amide bonds. The van der Waals surface area contributed by atoms with Crippen molar-refractivity contribution >= 4 is 22.6 Å². The topological polar surface area (TPSA) is 124 Å². The second-order valence-electron chi connectivity index (χ2n) is 9.29. The zero-order valence-corrected chi connectivity index (χ0v) is 20.1. The van der Waals surface area contributed by atoms with Crippen LogP contribution in [0.25, 0.3) is 22.2 Å². The van der Waals surface area contributed by atoms with Gasteiger partial charge in [0.15, 0.2) is 11.6 Å². The van der Waals surface area contributed by atoms with Crippen molar-refractivity contribution in [1.29, 1.82) is 5.26 Å². The summed E-state index contributed by atoms with van der Waals surface area (Å²) >= 11 is 0. The summed E-state index contributed by atoms with van der Waals surface area (Å²) in [5.74, 6) is 4.70. The van der Waals surface area contributed by atoms with Crippen molar-refractivity contribution in [3.05, 3.63) is 77.2 Å². The Bertz CT molecular complexity index is 1510. The van der Waals surface area contributed by atoms with Crippen LogP contribution in [-0.4, -0.2) is 38.0 Å². The lowest BCUT2D eigenvalue weighted by Crippen LogP contribution is -2.49. The number of fused-ring (bicyclic) bond motifs is 1. The summed E-state index contributed by atoms with van der Waals surface area (Å²) < 4.78 is 29.5. The Balaban J connectivity index is 1.41. The molecular formula is C27H25F2N7O. The number of anilines is 1. The lowest BCUT2D eigenvalue weighted by atomic mass is 9.90. The van der Waals surface area contributed by atoms with Gasteiger partial charge < -0.3 is 10.3 Å². The highest BCUT2D eigenvalue weighted by Crippen LogP contribution is 2.34. The van der Waals surface area contributed by atoms with Crippen LogP contribution < -0.4 is 11.2 Å². The molecule has 4 aromatic rings. The van der Waals surface area contributed by atoms with Gasteiger partial charge in [-0.25, -0.2) is 19.6 Å². The molecule has 0 unspecified atom stereocenters. The third-order valence-corrected chi connectivity index (χ3v) is 6.74. The molecule has 0 saturated heterocycles. The SMILES string of the molecule is Cc1cc(F)c2[nH]cc(-c3nc(N[C@@H]4CCC[C@@H](N(N)C(=O)c5ccccn5)C4)c(F)cc3C#N)c2c1. The average molecular weight is 502 g/mol. The van der Waals surface area contributed by atoms with Crippen LogP contribution in [0.3, 0.4) is 0 Å². The van der Waals surface area contributed by atoms with Crippen molar-refractivity contribution in [2.45, 2.75) is 44.7 Å². The van der Waals surface area contributed by atoms with E-state index in [-0.39, 0.29) is 40.8 Å². The second kappa shape index (κ2) is 9.95. The summed E-state index contributed by atoms with van der Waals surface area (Å²) in [7, 11) is 0. The Kier molecular flexibility index (Phi) is 6.54. The van der Waals surface area contributed by atoms with Crippen LogP contribution in [0.2, 0.25) is 0 Å². The molecular weight excluding hydrogens is 476 g/mol. The van der Waals surface area contributed by atoms with Gasteiger partial charge in [-0.05, 0) is 68.5 Å². The molecule has 4 N–H and O–H groups in total. The first-order chi connectivity index (χ1) is 17.9. The standard InChI is InChI=1S/C27H25F2N7O/c1-15-9-19-20(14-33-25(19)21(28)10-15)24-16(13-30)11-22(29)26(35-24)34-17-5-4-6-18(12-17)36(31)27(37)23-7-2-3-8-32-23/h2-3,7-11,14,17-18,33H,4-6,12,31H2,1H3,(H,34,35)/t17-,18-/m1/s1. The van der Waals surface area contributed by atoms with Crippen LogP contribution in [0.5, 0.6) is 0 Å². The molecule has 1 fully saturated rings. The molecule has 5 rings (SSSR count). The fraction of sp³-hybridized carbons (Fsp3) is 0.259. The maximum atomic E-state index is 15.0. The number of halogens is 2. The van der Waals surface area contributed by atoms with E-state index in [0.29, 0.717) is 34.9 Å². The van der Waals surface area contributed by atoms with Crippen LogP contribution in [0.15, 0.2) is 48.8 Å². The number of aromatic amines is 1. The number of nitrogens with one attached hydrogen (secondary N) is 2. The van der Waals surface area contributed by atoms with E-state index < -0.39 is 11.6 Å². The minimum Gasteiger partial charge on any atom is -0.365 e. The lowest BCUT2D eigenvalue weighted by molar-refractivity contribution is 0.0621. The molecule has 0 bridgehead atoms. The van der Waals surface area contributed by atoms with E-state index >= 15 is 4.39 Å². The second-order valence-corrected chi connectivity index (χ2v) is 9.29. The molecule has 8 nitrogen and oxygen atoms in total. The number of nitriles is 1. The van der Waals surface area contributed by atoms with Crippen LogP contribution in [-0.2, 0) is 0 Å². The van der Waals surface area contributed by atoms with E-state index in [4.69, 9.17) is 5.84 Å². The molecule has 3 aromatic heterocycles. The summed E-state index contributed by atoms with van der Waals surface area (Å²) in [5.41, 5.74) is 2.07. The number of H-pyrrole nitrogens is 1. The number of benzene rings is 1. The van der Waals surface area contributed by atoms with Crippen LogP contribution in [0.1, 0.15) is 47.3 Å². The monoisotopic (exact) mass is 501 g/mol. The van der Waals surface area contributed by atoms with E-state index in [0.717, 1.165) is 18.9 Å². The molecule has 2 atom stereocenters. The smallest absolute Gasteiger partial charge is 0.286 e. The van der Waals surface area contributed by atoms with Gasteiger partial charge >= 0.3 is 0 Å². The zero-order chi connectivity index (χ0) is 26.1. The highest BCUT2D eigenvalue weighted by atomic mass is 19.1. The Morgan fingerprint density at radius 3 is 2.84 bits per heavy atom. The zero-order valence-electron chi connectivity index (χ0n) is 20.1. The largest absolute Gasteiger partial charge is 0.365 e. The number of hydrazine groups is 1. The number of carbonyl (C=O) groups excluding carboxylic acids is 1. The molecule has 3 heterocycles. The van der Waals surface area contributed by atoms with Gasteiger partial charge in [0.05, 0.1) is 22.8 Å². The van der Waals surface area contributed by atoms with Gasteiger partial charge in [-0.1, -0.05) is 6.07 Å². The molecule has 188 valence electrons. The first kappa shape index (κ1) is 24.3. The Hall–Kier alpha value is -4.36. The number of nitrogens with two attached hydrogens (primary N) is 1. The van der Waals surface area contributed by atoms with Crippen LogP contribution in [0, 0.1) is 29.9 Å². The van der Waals surface area contributed by atoms with Crippen molar-refractivity contribution in [2.75, 3.05) is 5.32 Å². The molecule has 0 spiro atoms. The maximum Gasteiger partial charge on any atom is 0.286 e. The normalized spacial score (nSPS) is 17.4. The summed E-state index contributed by atoms with van der Waals surface area (Å²) in [6.07, 6.45) is 5.81. The van der Waals surface area contributed by atoms with Gasteiger partial charge in [0.1, 0.15) is 17.6 Å². The predicted octanol–water partition coefficient (Wildman–Crippen LogP) is 4.82. The number of hydrogen-bond donors (Lipinski definition) is 3. The third kappa shape index (κ3) is 4.73. The van der Waals surface area contributed by atoms with Crippen LogP contribution in [0.4, 0.5) is 14.6 Å². The summed E-state index contributed by atoms with van der Waals surface area (Å²) in [6, 6.07) is 10.9. The molecule has 0 aliphatic heterocycles. The third-order valence-electron chi connectivity index (χ3n) is 6.74. The summed E-state index contributed by atoms with van der Waals surface area (Å²) in [5, 5.41) is 14.6. The van der Waals surface area contributed by atoms with Crippen LogP contribution >= 0.6 is 0 Å². The molecule has 1 aliphatic carbocycles. The van der Waals surface area contributed by atoms with E-state index in [1.54, 1.807) is 37.4 Å². The molecule has 0 radical (unpaired) electrons. The van der Waals surface area contributed by atoms with Crippen molar-refractivity contribution in [3.8, 4) is 17.3 Å². The number of aromatic nitrogens is 3. The molecule has 1 aliphatic rings. The number of hydrogen-bond acceptors (Lipinski definition) is 6. The number of rotatable bonds is 5. The average Bonchev–Trinajstić information content (AvgIpc) is 3.33. The fourth-order valence-corrected chi connectivity index (χ4v) is 4.93. The van der Waals surface area contributed by atoms with Gasteiger partial charge in [0, 0.05) is 29.4 Å². The fourth-order valence-electron chi connectivity index (χ4n) is 4.93. The van der Waals surface area contributed by atoms with Crippen molar-refractivity contribution < 1.29 is 13.6 Å². The lowest BCUT2D eigenvalue weighted by Gasteiger charge is -2.35. The molecule has 10 heteroatoms. The molecule has 1 saturated carbocycles. The van der Waals surface area contributed by atoms with Gasteiger partial charge in [-0.3, -0.25) is 14.8 Å². The van der Waals surface area contributed by atoms with Gasteiger partial charge in [0.25, 0.3) is 5.91 Å². The summed E-state index contributed by atoms with van der Waals surface area (Å²) in [6.45, 7) is 1.77. The molecule has 37 heavy (non-hydrogen) atoms. The Morgan fingerprint density at radius 2 is 2.08 bits per heavy atom. The van der Waals surface area contributed by atoms with E-state index in [2.05, 4.69) is 20.3 Å². The number of pyridine rings is 2. The minimum absolute atomic E-state index is 0.0123. The minimum atomic E-state index is -0.668. The van der Waals surface area contributed by atoms with Crippen molar-refractivity contribution in [1.82, 2.24) is 20.0 Å². The van der Waals surface area contributed by atoms with E-state index in [1.165, 1.54) is 17.3 Å². The van der Waals surface area contributed by atoms with E-state index in [1.807, 2.05) is 6.07 Å². The number of nitrogens with zero attached hydrogens (tertiary/aromatic N) is 4. The highest BCUT2D eigenvalue weighted by Gasteiger charge is 2.30. The number of carbonyl (C=O) groups is 1. The number of amides is 1. The van der Waals surface area contributed by atoms with Gasteiger partial charge in [0.2, 0.25) is 0 Å². The van der Waals surface area contributed by atoms with Crippen molar-refractivity contribution in [3.63, 3.8) is 0 Å². The highest BCUT2D eigenvalue weighted by molar-refractivity contribution is 5.96. The predicted molar refractivity (Wildman–Crippen MR) is 135 cm³/mol. The Morgan fingerprint density at radius 1 is 1.24 bits per heavy atom. The number of aryl methyl sites for hydroxylation is 1. The maximum absolute atomic E-state index is 15.0. The quantitative estimate of drug-likeness (QED) is 0.205.